The molecule has 2 N–H and O–H groups in total. The summed E-state index contributed by atoms with van der Waals surface area (Å²) in [6.45, 7) is 4.67. The second-order valence-corrected chi connectivity index (χ2v) is 4.39. The van der Waals surface area contributed by atoms with Gasteiger partial charge in [0.05, 0.1) is 6.61 Å². The summed E-state index contributed by atoms with van der Waals surface area (Å²) in [6, 6.07) is 0. The van der Waals surface area contributed by atoms with Crippen LogP contribution in [0.2, 0.25) is 0 Å². The molecule has 0 radical (unpaired) electrons. The molecule has 0 atom stereocenters. The fraction of sp³-hybridized carbons (Fsp3) is 0.909. The van der Waals surface area contributed by atoms with Crippen molar-refractivity contribution in [2.24, 2.45) is 11.8 Å². The highest BCUT2D eigenvalue weighted by atomic mass is 16.6. The van der Waals surface area contributed by atoms with Crippen molar-refractivity contribution in [3.63, 3.8) is 0 Å². The highest BCUT2D eigenvalue weighted by Gasteiger charge is 2.19. The van der Waals surface area contributed by atoms with E-state index in [1.807, 2.05) is 4.90 Å². The van der Waals surface area contributed by atoms with Crippen molar-refractivity contribution < 1.29 is 9.63 Å². The van der Waals surface area contributed by atoms with E-state index in [0.717, 1.165) is 44.7 Å². The molecule has 4 heteroatoms. The fourth-order valence-electron chi connectivity index (χ4n) is 1.88. The topological polar surface area (TPSA) is 55.6 Å². The zero-order chi connectivity index (χ0) is 11.1. The molecule has 1 aliphatic rings. The predicted molar refractivity (Wildman–Crippen MR) is 59.0 cm³/mol. The van der Waals surface area contributed by atoms with Gasteiger partial charge in [-0.3, -0.25) is 4.79 Å². The first-order chi connectivity index (χ1) is 7.24. The number of hydrogen-bond donors (Lipinski definition) is 1. The largest absolute Gasteiger partial charge is 0.343 e. The molecule has 0 aromatic rings. The molecule has 15 heavy (non-hydrogen) atoms. The standard InChI is InChI=1S/C11H22N2O2/c1-10-5-7-13(8-6-10)11(14)4-2-3-9-15-12/h10H,2-9,12H2,1H3. The van der Waals surface area contributed by atoms with E-state index in [2.05, 4.69) is 11.8 Å². The lowest BCUT2D eigenvalue weighted by Crippen LogP contribution is -2.37. The van der Waals surface area contributed by atoms with Crippen LogP contribution >= 0.6 is 0 Å². The van der Waals surface area contributed by atoms with Crippen LogP contribution in [0, 0.1) is 5.92 Å². The van der Waals surface area contributed by atoms with Gasteiger partial charge >= 0.3 is 0 Å². The number of carbonyl (C=O) groups is 1. The quantitative estimate of drug-likeness (QED) is 0.554. The Morgan fingerprint density at radius 1 is 1.40 bits per heavy atom. The highest BCUT2D eigenvalue weighted by Crippen LogP contribution is 2.17. The number of amides is 1. The minimum Gasteiger partial charge on any atom is -0.343 e. The molecule has 1 amide bonds. The Morgan fingerprint density at radius 3 is 2.67 bits per heavy atom. The molecule has 0 saturated carbocycles. The lowest BCUT2D eigenvalue weighted by Gasteiger charge is -2.30. The van der Waals surface area contributed by atoms with Crippen LogP contribution < -0.4 is 5.90 Å². The van der Waals surface area contributed by atoms with Gasteiger partial charge < -0.3 is 9.74 Å². The predicted octanol–water partition coefficient (Wildman–Crippen LogP) is 1.31. The van der Waals surface area contributed by atoms with Gasteiger partial charge in [0.2, 0.25) is 5.91 Å². The molecule has 1 rings (SSSR count). The number of carbonyl (C=O) groups excluding carboxylic acids is 1. The number of rotatable bonds is 5. The first-order valence-corrected chi connectivity index (χ1v) is 5.83. The molecule has 1 heterocycles. The van der Waals surface area contributed by atoms with E-state index >= 15 is 0 Å². The summed E-state index contributed by atoms with van der Waals surface area (Å²) in [5.41, 5.74) is 0. The van der Waals surface area contributed by atoms with E-state index in [1.165, 1.54) is 0 Å². The Balaban J connectivity index is 2.11. The van der Waals surface area contributed by atoms with E-state index in [4.69, 9.17) is 5.90 Å². The van der Waals surface area contributed by atoms with Crippen molar-refractivity contribution >= 4 is 5.91 Å². The van der Waals surface area contributed by atoms with E-state index in [9.17, 15) is 4.79 Å². The molecule has 88 valence electrons. The minimum atomic E-state index is 0.291. The third-order valence-corrected chi connectivity index (χ3v) is 3.04. The van der Waals surface area contributed by atoms with Crippen LogP contribution in [0.5, 0.6) is 0 Å². The Labute approximate surface area is 91.7 Å². The number of unbranched alkanes of at least 4 members (excludes halogenated alkanes) is 1. The summed E-state index contributed by atoms with van der Waals surface area (Å²) in [6.07, 6.45) is 4.68. The van der Waals surface area contributed by atoms with E-state index in [-0.39, 0.29) is 0 Å². The van der Waals surface area contributed by atoms with Crippen molar-refractivity contribution in [1.29, 1.82) is 0 Å². The Morgan fingerprint density at radius 2 is 2.07 bits per heavy atom. The van der Waals surface area contributed by atoms with Crippen LogP contribution in [0.4, 0.5) is 0 Å². The Hall–Kier alpha value is -0.610. The number of likely N-dealkylation sites (tertiary alicyclic amines) is 1. The van der Waals surface area contributed by atoms with Crippen molar-refractivity contribution in [2.75, 3.05) is 19.7 Å². The number of piperidine rings is 1. The van der Waals surface area contributed by atoms with Crippen molar-refractivity contribution in [1.82, 2.24) is 4.90 Å². The van der Waals surface area contributed by atoms with Crippen molar-refractivity contribution in [3.05, 3.63) is 0 Å². The monoisotopic (exact) mass is 214 g/mol. The van der Waals surface area contributed by atoms with Crippen LogP contribution in [0.3, 0.4) is 0 Å². The smallest absolute Gasteiger partial charge is 0.222 e. The molecule has 0 bridgehead atoms. The summed E-state index contributed by atoms with van der Waals surface area (Å²) in [4.78, 5) is 18.2. The summed E-state index contributed by atoms with van der Waals surface area (Å²) in [7, 11) is 0. The third kappa shape index (κ3) is 4.62. The summed E-state index contributed by atoms with van der Waals surface area (Å²) < 4.78 is 0. The Kier molecular flexibility index (Phi) is 5.65. The molecule has 0 aliphatic carbocycles. The van der Waals surface area contributed by atoms with Gasteiger partial charge in [0.15, 0.2) is 0 Å². The highest BCUT2D eigenvalue weighted by molar-refractivity contribution is 5.76. The maximum atomic E-state index is 11.7. The van der Waals surface area contributed by atoms with Crippen molar-refractivity contribution in [3.8, 4) is 0 Å². The molecule has 1 saturated heterocycles. The lowest BCUT2D eigenvalue weighted by atomic mass is 9.99. The SMILES string of the molecule is CC1CCN(C(=O)CCCCON)CC1. The molecular formula is C11H22N2O2. The zero-order valence-electron chi connectivity index (χ0n) is 9.58. The maximum absolute atomic E-state index is 11.7. The summed E-state index contributed by atoms with van der Waals surface area (Å²) in [5, 5.41) is 0. The van der Waals surface area contributed by atoms with E-state index in [1.54, 1.807) is 0 Å². The van der Waals surface area contributed by atoms with E-state index < -0.39 is 0 Å². The van der Waals surface area contributed by atoms with Gasteiger partial charge in [-0.15, -0.1) is 0 Å². The van der Waals surface area contributed by atoms with Gasteiger partial charge in [0, 0.05) is 19.5 Å². The molecule has 0 unspecified atom stereocenters. The van der Waals surface area contributed by atoms with Gasteiger partial charge in [-0.1, -0.05) is 6.92 Å². The second kappa shape index (κ2) is 6.80. The normalized spacial score (nSPS) is 18.1. The number of hydrogen-bond acceptors (Lipinski definition) is 3. The number of nitrogens with zero attached hydrogens (tertiary/aromatic N) is 1. The first kappa shape index (κ1) is 12.5. The van der Waals surface area contributed by atoms with Gasteiger partial charge in [0.1, 0.15) is 0 Å². The average Bonchev–Trinajstić information content (AvgIpc) is 2.25. The molecule has 4 nitrogen and oxygen atoms in total. The van der Waals surface area contributed by atoms with E-state index in [0.29, 0.717) is 18.9 Å². The molecule has 0 aromatic carbocycles. The average molecular weight is 214 g/mol. The third-order valence-electron chi connectivity index (χ3n) is 3.04. The van der Waals surface area contributed by atoms with Crippen LogP contribution in [0.15, 0.2) is 0 Å². The van der Waals surface area contributed by atoms with Crippen LogP contribution in [0.25, 0.3) is 0 Å². The van der Waals surface area contributed by atoms with Gasteiger partial charge in [-0.25, -0.2) is 5.90 Å². The first-order valence-electron chi connectivity index (χ1n) is 5.83. The van der Waals surface area contributed by atoms with Gasteiger partial charge in [0.25, 0.3) is 0 Å². The summed E-state index contributed by atoms with van der Waals surface area (Å²) in [5.74, 6) is 5.98. The summed E-state index contributed by atoms with van der Waals surface area (Å²) >= 11 is 0. The number of nitrogens with two attached hydrogens (primary N) is 1. The maximum Gasteiger partial charge on any atom is 0.222 e. The van der Waals surface area contributed by atoms with Crippen LogP contribution in [-0.2, 0) is 9.63 Å². The zero-order valence-corrected chi connectivity index (χ0v) is 9.58. The van der Waals surface area contributed by atoms with Gasteiger partial charge in [-0.05, 0) is 31.6 Å². The molecule has 0 spiro atoms. The molecule has 1 fully saturated rings. The van der Waals surface area contributed by atoms with Gasteiger partial charge in [-0.2, -0.15) is 0 Å². The fourth-order valence-corrected chi connectivity index (χ4v) is 1.88. The van der Waals surface area contributed by atoms with Crippen LogP contribution in [-0.4, -0.2) is 30.5 Å². The molecular weight excluding hydrogens is 192 g/mol. The molecule has 1 aliphatic heterocycles. The minimum absolute atomic E-state index is 0.291. The molecule has 0 aromatic heterocycles. The second-order valence-electron chi connectivity index (χ2n) is 4.39. The lowest BCUT2D eigenvalue weighted by molar-refractivity contribution is -0.132. The Bertz CT molecular complexity index is 189. The van der Waals surface area contributed by atoms with Crippen LogP contribution in [0.1, 0.15) is 39.0 Å². The van der Waals surface area contributed by atoms with Crippen molar-refractivity contribution in [2.45, 2.75) is 39.0 Å².